The lowest BCUT2D eigenvalue weighted by Crippen LogP contribution is -2.28. The van der Waals surface area contributed by atoms with Crippen LogP contribution in [0.5, 0.6) is 5.75 Å². The number of anilines is 1. The summed E-state index contributed by atoms with van der Waals surface area (Å²) in [4.78, 5) is 23.8. The van der Waals surface area contributed by atoms with E-state index >= 15 is 0 Å². The molecule has 6 heteroatoms. The lowest BCUT2D eigenvalue weighted by molar-refractivity contribution is -0.120. The van der Waals surface area contributed by atoms with Crippen LogP contribution in [-0.2, 0) is 9.59 Å². The minimum absolute atomic E-state index is 0.160. The number of carbonyl (C=O) groups is 2. The molecule has 0 bridgehead atoms. The number of rotatable bonds is 5. The van der Waals surface area contributed by atoms with Crippen molar-refractivity contribution in [3.8, 4) is 5.75 Å². The average Bonchev–Trinajstić information content (AvgIpc) is 2.54. The van der Waals surface area contributed by atoms with Crippen molar-refractivity contribution in [2.75, 3.05) is 12.4 Å². The van der Waals surface area contributed by atoms with Gasteiger partial charge in [-0.25, -0.2) is 0 Å². The highest BCUT2D eigenvalue weighted by Crippen LogP contribution is 2.17. The van der Waals surface area contributed by atoms with Crippen molar-refractivity contribution >= 4 is 39.5 Å². The van der Waals surface area contributed by atoms with E-state index in [9.17, 15) is 9.59 Å². The van der Waals surface area contributed by atoms with E-state index in [0.717, 1.165) is 10.0 Å². The summed E-state index contributed by atoms with van der Waals surface area (Å²) in [5.74, 6) is -0.00918. The van der Waals surface area contributed by atoms with Gasteiger partial charge in [-0.1, -0.05) is 34.1 Å². The molecular weight excluding hydrogens is 372 g/mol. The summed E-state index contributed by atoms with van der Waals surface area (Å²) < 4.78 is 5.95. The third kappa shape index (κ3) is 5.24. The highest BCUT2D eigenvalue weighted by atomic mass is 79.9. The fourth-order valence-corrected chi connectivity index (χ4v) is 2.38. The SMILES string of the molecule is COc1ccc(/C=C(/NC(C)=O)C(=O)Nc2cccc(Br)c2)cc1. The molecule has 2 amide bonds. The molecule has 0 aromatic heterocycles. The molecule has 0 radical (unpaired) electrons. The Labute approximate surface area is 148 Å². The molecule has 124 valence electrons. The quantitative estimate of drug-likeness (QED) is 0.769. The topological polar surface area (TPSA) is 67.4 Å². The monoisotopic (exact) mass is 388 g/mol. The molecule has 0 aliphatic heterocycles. The molecule has 0 fully saturated rings. The van der Waals surface area contributed by atoms with Crippen LogP contribution in [0.25, 0.3) is 6.08 Å². The van der Waals surface area contributed by atoms with Crippen LogP contribution in [-0.4, -0.2) is 18.9 Å². The van der Waals surface area contributed by atoms with Crippen LogP contribution in [0.3, 0.4) is 0 Å². The first kappa shape index (κ1) is 17.7. The maximum Gasteiger partial charge on any atom is 0.272 e. The predicted octanol–water partition coefficient (Wildman–Crippen LogP) is 3.57. The highest BCUT2D eigenvalue weighted by molar-refractivity contribution is 9.10. The van der Waals surface area contributed by atoms with E-state index in [0.29, 0.717) is 11.4 Å². The molecule has 0 saturated carbocycles. The van der Waals surface area contributed by atoms with Crippen LogP contribution in [0.15, 0.2) is 58.7 Å². The Kier molecular flexibility index (Phi) is 6.14. The maximum absolute atomic E-state index is 12.5. The molecular formula is C18H17BrN2O3. The van der Waals surface area contributed by atoms with E-state index in [1.54, 1.807) is 49.6 Å². The molecule has 0 aliphatic rings. The summed E-state index contributed by atoms with van der Waals surface area (Å²) in [7, 11) is 1.58. The molecule has 24 heavy (non-hydrogen) atoms. The van der Waals surface area contributed by atoms with Crippen molar-refractivity contribution in [1.82, 2.24) is 5.32 Å². The van der Waals surface area contributed by atoms with Crippen LogP contribution in [0.4, 0.5) is 5.69 Å². The normalized spacial score (nSPS) is 10.9. The molecule has 0 spiro atoms. The Morgan fingerprint density at radius 3 is 2.42 bits per heavy atom. The van der Waals surface area contributed by atoms with Crippen LogP contribution < -0.4 is 15.4 Å². The maximum atomic E-state index is 12.5. The second-order valence-corrected chi connectivity index (χ2v) is 5.89. The number of carbonyl (C=O) groups excluding carboxylic acids is 2. The first-order chi connectivity index (χ1) is 11.5. The van der Waals surface area contributed by atoms with E-state index in [1.165, 1.54) is 6.92 Å². The second-order valence-electron chi connectivity index (χ2n) is 4.98. The molecule has 0 saturated heterocycles. The van der Waals surface area contributed by atoms with Gasteiger partial charge in [0.1, 0.15) is 11.4 Å². The van der Waals surface area contributed by atoms with Gasteiger partial charge in [0.25, 0.3) is 5.91 Å². The van der Waals surface area contributed by atoms with Crippen LogP contribution in [0.2, 0.25) is 0 Å². The largest absolute Gasteiger partial charge is 0.497 e. The van der Waals surface area contributed by atoms with Gasteiger partial charge < -0.3 is 15.4 Å². The van der Waals surface area contributed by atoms with E-state index in [4.69, 9.17) is 4.74 Å². The standard InChI is InChI=1S/C18H17BrN2O3/c1-12(22)20-17(10-13-6-8-16(24-2)9-7-13)18(23)21-15-5-3-4-14(19)11-15/h3-11H,1-2H3,(H,20,22)(H,21,23)/b17-10+. The number of benzene rings is 2. The molecule has 5 nitrogen and oxygen atoms in total. The number of hydrogen-bond donors (Lipinski definition) is 2. The van der Waals surface area contributed by atoms with Gasteiger partial charge in [0.15, 0.2) is 0 Å². The van der Waals surface area contributed by atoms with Gasteiger partial charge in [-0.2, -0.15) is 0 Å². The number of nitrogens with one attached hydrogen (secondary N) is 2. The van der Waals surface area contributed by atoms with Gasteiger partial charge in [-0.05, 0) is 42.0 Å². The van der Waals surface area contributed by atoms with E-state index in [1.807, 2.05) is 12.1 Å². The number of methoxy groups -OCH3 is 1. The summed E-state index contributed by atoms with van der Waals surface area (Å²) in [5, 5.41) is 5.31. The van der Waals surface area contributed by atoms with Gasteiger partial charge >= 0.3 is 0 Å². The van der Waals surface area contributed by atoms with Crippen LogP contribution >= 0.6 is 15.9 Å². The lowest BCUT2D eigenvalue weighted by Gasteiger charge is -2.10. The van der Waals surface area contributed by atoms with Crippen molar-refractivity contribution < 1.29 is 14.3 Å². The van der Waals surface area contributed by atoms with Crippen molar-refractivity contribution in [3.63, 3.8) is 0 Å². The minimum Gasteiger partial charge on any atom is -0.497 e. The zero-order chi connectivity index (χ0) is 17.5. The Morgan fingerprint density at radius 1 is 1.12 bits per heavy atom. The van der Waals surface area contributed by atoms with Crippen molar-refractivity contribution in [2.45, 2.75) is 6.92 Å². The summed E-state index contributed by atoms with van der Waals surface area (Å²) in [6, 6.07) is 14.4. The molecule has 0 unspecified atom stereocenters. The molecule has 2 N–H and O–H groups in total. The third-order valence-corrected chi connectivity index (χ3v) is 3.56. The van der Waals surface area contributed by atoms with Crippen molar-refractivity contribution in [2.24, 2.45) is 0 Å². The Hall–Kier alpha value is -2.60. The van der Waals surface area contributed by atoms with Crippen molar-refractivity contribution in [3.05, 3.63) is 64.3 Å². The van der Waals surface area contributed by atoms with Gasteiger partial charge in [0, 0.05) is 17.1 Å². The molecule has 2 aromatic carbocycles. The van der Waals surface area contributed by atoms with Crippen molar-refractivity contribution in [1.29, 1.82) is 0 Å². The molecule has 2 rings (SSSR count). The first-order valence-electron chi connectivity index (χ1n) is 7.18. The average molecular weight is 389 g/mol. The number of ether oxygens (including phenoxy) is 1. The fraction of sp³-hybridized carbons (Fsp3) is 0.111. The Morgan fingerprint density at radius 2 is 1.83 bits per heavy atom. The van der Waals surface area contributed by atoms with Gasteiger partial charge in [-0.3, -0.25) is 9.59 Å². The Balaban J connectivity index is 2.24. The molecule has 0 atom stereocenters. The van der Waals surface area contributed by atoms with Gasteiger partial charge in [0.2, 0.25) is 5.91 Å². The minimum atomic E-state index is -0.404. The number of hydrogen-bond acceptors (Lipinski definition) is 3. The number of amides is 2. The molecule has 2 aromatic rings. The summed E-state index contributed by atoms with van der Waals surface area (Å²) in [6.45, 7) is 1.36. The third-order valence-electron chi connectivity index (χ3n) is 3.06. The van der Waals surface area contributed by atoms with Crippen LogP contribution in [0, 0.1) is 0 Å². The summed E-state index contributed by atoms with van der Waals surface area (Å²) in [5.41, 5.74) is 1.55. The lowest BCUT2D eigenvalue weighted by atomic mass is 10.1. The van der Waals surface area contributed by atoms with E-state index < -0.39 is 5.91 Å². The molecule has 0 heterocycles. The summed E-state index contributed by atoms with van der Waals surface area (Å²) >= 11 is 3.35. The number of halogens is 1. The Bertz CT molecular complexity index is 770. The smallest absolute Gasteiger partial charge is 0.272 e. The highest BCUT2D eigenvalue weighted by Gasteiger charge is 2.12. The fourth-order valence-electron chi connectivity index (χ4n) is 1.98. The molecule has 0 aliphatic carbocycles. The zero-order valence-corrected chi connectivity index (χ0v) is 14.9. The van der Waals surface area contributed by atoms with Gasteiger partial charge in [0.05, 0.1) is 7.11 Å². The summed E-state index contributed by atoms with van der Waals surface area (Å²) in [6.07, 6.45) is 1.61. The van der Waals surface area contributed by atoms with Gasteiger partial charge in [-0.15, -0.1) is 0 Å². The second kappa shape index (κ2) is 8.31. The zero-order valence-electron chi connectivity index (χ0n) is 13.3. The van der Waals surface area contributed by atoms with Crippen LogP contribution in [0.1, 0.15) is 12.5 Å². The van der Waals surface area contributed by atoms with E-state index in [-0.39, 0.29) is 11.6 Å². The van der Waals surface area contributed by atoms with E-state index in [2.05, 4.69) is 26.6 Å². The predicted molar refractivity (Wildman–Crippen MR) is 97.6 cm³/mol. The first-order valence-corrected chi connectivity index (χ1v) is 7.97.